The fraction of sp³-hybridized carbons (Fsp3) is 0.923. The largest absolute Gasteiger partial charge is 0.333 e. The maximum absolute atomic E-state index is 12.2. The Hall–Kier alpha value is -0.770. The molecule has 0 spiro atoms. The van der Waals surface area contributed by atoms with E-state index >= 15 is 0 Å². The van der Waals surface area contributed by atoms with Gasteiger partial charge >= 0.3 is 6.03 Å². The highest BCUT2D eigenvalue weighted by molar-refractivity contribution is 5.75. The van der Waals surface area contributed by atoms with Crippen molar-refractivity contribution in [3.63, 3.8) is 0 Å². The zero-order valence-corrected chi connectivity index (χ0v) is 11.5. The number of hydrogen-bond donors (Lipinski definition) is 2. The second-order valence-corrected chi connectivity index (χ2v) is 5.71. The van der Waals surface area contributed by atoms with E-state index in [2.05, 4.69) is 26.1 Å². The van der Waals surface area contributed by atoms with Gasteiger partial charge in [0.05, 0.1) is 0 Å². The minimum atomic E-state index is -0.123. The Balaban J connectivity index is 2.55. The van der Waals surface area contributed by atoms with Crippen molar-refractivity contribution < 1.29 is 4.79 Å². The van der Waals surface area contributed by atoms with Crippen LogP contribution in [0.4, 0.5) is 4.79 Å². The van der Waals surface area contributed by atoms with Crippen LogP contribution in [0, 0.1) is 5.92 Å². The summed E-state index contributed by atoms with van der Waals surface area (Å²) in [5.74, 6) is 0.466. The lowest BCUT2D eigenvalue weighted by Gasteiger charge is -2.30. The Labute approximate surface area is 105 Å². The SMILES string of the molecule is CCC(C)(C)NC(=O)N1CCCCC(CN)C1. The molecule has 4 heteroatoms. The standard InChI is InChI=1S/C13H27N3O/c1-4-13(2,3)15-12(17)16-8-6-5-7-11(9-14)10-16/h11H,4-10,14H2,1-3H3,(H,15,17). The fourth-order valence-corrected chi connectivity index (χ4v) is 2.06. The molecule has 0 aliphatic carbocycles. The number of carbonyl (C=O) groups is 1. The number of rotatable bonds is 3. The predicted molar refractivity (Wildman–Crippen MR) is 70.9 cm³/mol. The summed E-state index contributed by atoms with van der Waals surface area (Å²) in [6, 6.07) is 0.0669. The van der Waals surface area contributed by atoms with Crippen molar-refractivity contribution in [3.8, 4) is 0 Å². The van der Waals surface area contributed by atoms with Crippen LogP contribution < -0.4 is 11.1 Å². The smallest absolute Gasteiger partial charge is 0.317 e. The minimum absolute atomic E-state index is 0.0669. The molecule has 1 fully saturated rings. The summed E-state index contributed by atoms with van der Waals surface area (Å²) in [6.45, 7) is 8.56. The lowest BCUT2D eigenvalue weighted by molar-refractivity contribution is 0.181. The lowest BCUT2D eigenvalue weighted by Crippen LogP contribution is -2.51. The van der Waals surface area contributed by atoms with E-state index in [1.165, 1.54) is 6.42 Å². The first-order chi connectivity index (χ1) is 7.98. The van der Waals surface area contributed by atoms with E-state index in [-0.39, 0.29) is 11.6 Å². The third-order valence-corrected chi connectivity index (χ3v) is 3.72. The van der Waals surface area contributed by atoms with Crippen molar-refractivity contribution in [2.24, 2.45) is 11.7 Å². The van der Waals surface area contributed by atoms with Crippen LogP contribution in [0.15, 0.2) is 0 Å². The summed E-state index contributed by atoms with van der Waals surface area (Å²) in [4.78, 5) is 14.1. The topological polar surface area (TPSA) is 58.4 Å². The van der Waals surface area contributed by atoms with E-state index < -0.39 is 0 Å². The fourth-order valence-electron chi connectivity index (χ4n) is 2.06. The molecule has 2 amide bonds. The first-order valence-electron chi connectivity index (χ1n) is 6.75. The van der Waals surface area contributed by atoms with Gasteiger partial charge in [0.1, 0.15) is 0 Å². The van der Waals surface area contributed by atoms with Crippen LogP contribution >= 0.6 is 0 Å². The first kappa shape index (κ1) is 14.3. The average molecular weight is 241 g/mol. The highest BCUT2D eigenvalue weighted by Crippen LogP contribution is 2.16. The molecular formula is C13H27N3O. The van der Waals surface area contributed by atoms with Crippen LogP contribution in [-0.2, 0) is 0 Å². The molecule has 1 rings (SSSR count). The first-order valence-corrected chi connectivity index (χ1v) is 6.75. The Kier molecular flexibility index (Phi) is 5.25. The molecule has 1 saturated heterocycles. The molecule has 1 atom stereocenters. The number of nitrogens with one attached hydrogen (secondary N) is 1. The van der Waals surface area contributed by atoms with E-state index in [0.717, 1.165) is 32.4 Å². The molecule has 1 unspecified atom stereocenters. The van der Waals surface area contributed by atoms with Gasteiger partial charge in [-0.2, -0.15) is 0 Å². The van der Waals surface area contributed by atoms with E-state index in [1.54, 1.807) is 0 Å². The van der Waals surface area contributed by atoms with Crippen molar-refractivity contribution in [1.29, 1.82) is 0 Å². The van der Waals surface area contributed by atoms with Crippen LogP contribution in [0.5, 0.6) is 0 Å². The second-order valence-electron chi connectivity index (χ2n) is 5.71. The maximum atomic E-state index is 12.2. The summed E-state index contributed by atoms with van der Waals surface area (Å²) in [7, 11) is 0. The minimum Gasteiger partial charge on any atom is -0.333 e. The number of nitrogens with zero attached hydrogens (tertiary/aromatic N) is 1. The summed E-state index contributed by atoms with van der Waals surface area (Å²) >= 11 is 0. The zero-order valence-electron chi connectivity index (χ0n) is 11.5. The number of nitrogens with two attached hydrogens (primary N) is 1. The predicted octanol–water partition coefficient (Wildman–Crippen LogP) is 1.95. The van der Waals surface area contributed by atoms with Gasteiger partial charge < -0.3 is 16.0 Å². The van der Waals surface area contributed by atoms with Gasteiger partial charge in [-0.15, -0.1) is 0 Å². The number of hydrogen-bond acceptors (Lipinski definition) is 2. The van der Waals surface area contributed by atoms with Gasteiger partial charge in [0.2, 0.25) is 0 Å². The normalized spacial score (nSPS) is 22.1. The molecule has 1 aliphatic rings. The Morgan fingerprint density at radius 1 is 1.47 bits per heavy atom. The molecule has 0 aromatic carbocycles. The van der Waals surface area contributed by atoms with E-state index in [1.807, 2.05) is 4.90 Å². The average Bonchev–Trinajstić information content (AvgIpc) is 2.53. The number of carbonyl (C=O) groups excluding carboxylic acids is 1. The van der Waals surface area contributed by atoms with Crippen LogP contribution in [0.1, 0.15) is 46.5 Å². The van der Waals surface area contributed by atoms with Crippen molar-refractivity contribution >= 4 is 6.03 Å². The van der Waals surface area contributed by atoms with Gasteiger partial charge in [-0.25, -0.2) is 4.79 Å². The number of amides is 2. The Bertz CT molecular complexity index is 253. The highest BCUT2D eigenvalue weighted by atomic mass is 16.2. The van der Waals surface area contributed by atoms with E-state index in [4.69, 9.17) is 5.73 Å². The molecular weight excluding hydrogens is 214 g/mol. The van der Waals surface area contributed by atoms with Crippen molar-refractivity contribution in [2.75, 3.05) is 19.6 Å². The van der Waals surface area contributed by atoms with Gasteiger partial charge in [-0.05, 0) is 45.6 Å². The number of likely N-dealkylation sites (tertiary alicyclic amines) is 1. The molecule has 1 heterocycles. The third kappa shape index (κ3) is 4.54. The molecule has 3 N–H and O–H groups in total. The molecule has 0 bridgehead atoms. The van der Waals surface area contributed by atoms with Gasteiger partial charge in [-0.1, -0.05) is 13.3 Å². The molecule has 17 heavy (non-hydrogen) atoms. The highest BCUT2D eigenvalue weighted by Gasteiger charge is 2.25. The Morgan fingerprint density at radius 2 is 2.18 bits per heavy atom. The van der Waals surface area contributed by atoms with Gasteiger partial charge in [0.25, 0.3) is 0 Å². The lowest BCUT2D eigenvalue weighted by atomic mass is 10.0. The van der Waals surface area contributed by atoms with Crippen molar-refractivity contribution in [1.82, 2.24) is 10.2 Å². The van der Waals surface area contributed by atoms with Crippen LogP contribution in [0.3, 0.4) is 0 Å². The van der Waals surface area contributed by atoms with Gasteiger partial charge in [0.15, 0.2) is 0 Å². The van der Waals surface area contributed by atoms with Crippen molar-refractivity contribution in [2.45, 2.75) is 52.0 Å². The van der Waals surface area contributed by atoms with Crippen LogP contribution in [0.2, 0.25) is 0 Å². The van der Waals surface area contributed by atoms with E-state index in [0.29, 0.717) is 12.5 Å². The Morgan fingerprint density at radius 3 is 2.76 bits per heavy atom. The molecule has 0 saturated carbocycles. The van der Waals surface area contributed by atoms with Crippen molar-refractivity contribution in [3.05, 3.63) is 0 Å². The van der Waals surface area contributed by atoms with Crippen LogP contribution in [-0.4, -0.2) is 36.1 Å². The molecule has 1 aliphatic heterocycles. The third-order valence-electron chi connectivity index (χ3n) is 3.72. The van der Waals surface area contributed by atoms with Crippen LogP contribution in [0.25, 0.3) is 0 Å². The molecule has 0 radical (unpaired) electrons. The number of urea groups is 1. The molecule has 100 valence electrons. The molecule has 0 aromatic heterocycles. The maximum Gasteiger partial charge on any atom is 0.317 e. The summed E-state index contributed by atoms with van der Waals surface area (Å²) in [6.07, 6.45) is 4.36. The summed E-state index contributed by atoms with van der Waals surface area (Å²) < 4.78 is 0. The van der Waals surface area contributed by atoms with Gasteiger partial charge in [-0.3, -0.25) is 0 Å². The summed E-state index contributed by atoms with van der Waals surface area (Å²) in [5, 5.41) is 3.09. The zero-order chi connectivity index (χ0) is 12.9. The molecule has 4 nitrogen and oxygen atoms in total. The monoisotopic (exact) mass is 241 g/mol. The summed E-state index contributed by atoms with van der Waals surface area (Å²) in [5.41, 5.74) is 5.61. The van der Waals surface area contributed by atoms with Gasteiger partial charge in [0, 0.05) is 18.6 Å². The quantitative estimate of drug-likeness (QED) is 0.793. The second kappa shape index (κ2) is 6.24. The molecule has 0 aromatic rings. The van der Waals surface area contributed by atoms with E-state index in [9.17, 15) is 4.79 Å².